The van der Waals surface area contributed by atoms with Crippen molar-refractivity contribution in [1.82, 2.24) is 9.62 Å². The fourth-order valence-corrected chi connectivity index (χ4v) is 5.17. The molecule has 0 aliphatic rings. The zero-order chi connectivity index (χ0) is 25.6. The van der Waals surface area contributed by atoms with Gasteiger partial charge in [-0.25, -0.2) is 8.42 Å². The van der Waals surface area contributed by atoms with E-state index in [0.717, 1.165) is 15.4 Å². The Labute approximate surface area is 211 Å². The van der Waals surface area contributed by atoms with E-state index in [0.29, 0.717) is 22.1 Å². The molecule has 1 amide bonds. The number of benzene rings is 3. The van der Waals surface area contributed by atoms with E-state index < -0.39 is 22.0 Å². The highest BCUT2D eigenvalue weighted by molar-refractivity contribution is 7.89. The molecule has 0 spiro atoms. The van der Waals surface area contributed by atoms with Crippen LogP contribution in [0.2, 0.25) is 5.02 Å². The Kier molecular flexibility index (Phi) is 8.77. The van der Waals surface area contributed by atoms with Gasteiger partial charge in [0.05, 0.1) is 31.7 Å². The summed E-state index contributed by atoms with van der Waals surface area (Å²) >= 11 is 6.10. The predicted molar refractivity (Wildman–Crippen MR) is 136 cm³/mol. The zero-order valence-corrected chi connectivity index (χ0v) is 21.7. The van der Waals surface area contributed by atoms with Gasteiger partial charge in [0.15, 0.2) is 11.5 Å². The van der Waals surface area contributed by atoms with Crippen LogP contribution in [-0.2, 0) is 21.4 Å². The van der Waals surface area contributed by atoms with Crippen molar-refractivity contribution in [1.29, 1.82) is 0 Å². The first-order valence-electron chi connectivity index (χ1n) is 11.0. The van der Waals surface area contributed by atoms with E-state index in [1.165, 1.54) is 7.11 Å². The van der Waals surface area contributed by atoms with Gasteiger partial charge >= 0.3 is 0 Å². The number of carbonyl (C=O) groups is 1. The van der Waals surface area contributed by atoms with Gasteiger partial charge in [0.2, 0.25) is 15.9 Å². The van der Waals surface area contributed by atoms with Crippen molar-refractivity contribution < 1.29 is 22.7 Å². The number of methoxy groups -OCH3 is 2. The monoisotopic (exact) mass is 516 g/mol. The molecule has 0 saturated heterocycles. The molecule has 1 N–H and O–H groups in total. The molecular weight excluding hydrogens is 488 g/mol. The molecule has 186 valence electrons. The molecule has 0 heterocycles. The lowest BCUT2D eigenvalue weighted by atomic mass is 10.1. The van der Waals surface area contributed by atoms with Crippen LogP contribution < -0.4 is 14.8 Å². The molecule has 0 aromatic heterocycles. The number of nitrogens with zero attached hydrogens (tertiary/aromatic N) is 1. The van der Waals surface area contributed by atoms with Crippen LogP contribution in [0.25, 0.3) is 0 Å². The zero-order valence-electron chi connectivity index (χ0n) is 20.1. The summed E-state index contributed by atoms with van der Waals surface area (Å²) in [6, 6.07) is 18.4. The Morgan fingerprint density at radius 2 is 1.69 bits per heavy atom. The van der Waals surface area contributed by atoms with Crippen molar-refractivity contribution in [2.75, 3.05) is 20.8 Å². The first kappa shape index (κ1) is 26.5. The molecule has 1 atom stereocenters. The van der Waals surface area contributed by atoms with E-state index in [9.17, 15) is 13.2 Å². The molecule has 0 fully saturated rings. The molecule has 0 aliphatic carbocycles. The smallest absolute Gasteiger partial charge is 0.243 e. The third-order valence-electron chi connectivity index (χ3n) is 5.51. The molecular formula is C26H29ClN2O5S. The van der Waals surface area contributed by atoms with Gasteiger partial charge in [-0.1, -0.05) is 47.5 Å². The van der Waals surface area contributed by atoms with Gasteiger partial charge in [-0.15, -0.1) is 0 Å². The quantitative estimate of drug-likeness (QED) is 0.421. The lowest BCUT2D eigenvalue weighted by Crippen LogP contribution is -2.41. The summed E-state index contributed by atoms with van der Waals surface area (Å²) in [5.74, 6) is 0.673. The highest BCUT2D eigenvalue weighted by Crippen LogP contribution is 2.30. The minimum absolute atomic E-state index is 0.00503. The van der Waals surface area contributed by atoms with Gasteiger partial charge in [0, 0.05) is 11.6 Å². The second-order valence-electron chi connectivity index (χ2n) is 8.12. The highest BCUT2D eigenvalue weighted by atomic mass is 35.5. The maximum atomic E-state index is 13.5. The van der Waals surface area contributed by atoms with Crippen LogP contribution in [-0.4, -0.2) is 39.4 Å². The number of aryl methyl sites for hydroxylation is 1. The maximum Gasteiger partial charge on any atom is 0.243 e. The molecule has 0 bridgehead atoms. The summed E-state index contributed by atoms with van der Waals surface area (Å²) in [6.07, 6.45) is 0. The van der Waals surface area contributed by atoms with E-state index >= 15 is 0 Å². The summed E-state index contributed by atoms with van der Waals surface area (Å²) in [7, 11) is -0.868. The lowest BCUT2D eigenvalue weighted by molar-refractivity contribution is -0.122. The number of nitrogens with one attached hydrogen (secondary N) is 1. The SMILES string of the molecule is COc1ccc([C@@H](C)NC(=O)CN(Cc2cccc(Cl)c2)S(=O)(=O)c2ccc(C)cc2)cc1OC. The second-order valence-corrected chi connectivity index (χ2v) is 10.5. The molecule has 3 rings (SSSR count). The number of halogens is 1. The molecule has 7 nitrogen and oxygen atoms in total. The average molecular weight is 517 g/mol. The number of sulfonamides is 1. The number of amides is 1. The number of carbonyl (C=O) groups excluding carboxylic acids is 1. The third-order valence-corrected chi connectivity index (χ3v) is 7.55. The number of hydrogen-bond donors (Lipinski definition) is 1. The molecule has 0 saturated carbocycles. The Morgan fingerprint density at radius 1 is 1.00 bits per heavy atom. The number of rotatable bonds is 10. The van der Waals surface area contributed by atoms with Crippen molar-refractivity contribution in [3.8, 4) is 11.5 Å². The van der Waals surface area contributed by atoms with Crippen LogP contribution in [0.1, 0.15) is 29.7 Å². The second kappa shape index (κ2) is 11.6. The molecule has 3 aromatic rings. The van der Waals surface area contributed by atoms with Gasteiger partial charge in [-0.3, -0.25) is 4.79 Å². The third kappa shape index (κ3) is 6.75. The minimum atomic E-state index is -3.95. The summed E-state index contributed by atoms with van der Waals surface area (Å²) in [6.45, 7) is 3.33. The Bertz CT molecular complexity index is 1280. The van der Waals surface area contributed by atoms with E-state index in [1.54, 1.807) is 67.8 Å². The van der Waals surface area contributed by atoms with E-state index in [4.69, 9.17) is 21.1 Å². The molecule has 3 aromatic carbocycles. The summed E-state index contributed by atoms with van der Waals surface area (Å²) in [5.41, 5.74) is 2.40. The van der Waals surface area contributed by atoms with Crippen molar-refractivity contribution in [2.24, 2.45) is 0 Å². The van der Waals surface area contributed by atoms with Gasteiger partial charge in [0.25, 0.3) is 0 Å². The van der Waals surface area contributed by atoms with Crippen molar-refractivity contribution in [2.45, 2.75) is 31.3 Å². The minimum Gasteiger partial charge on any atom is -0.493 e. The Balaban J connectivity index is 1.83. The van der Waals surface area contributed by atoms with Gasteiger partial charge in [-0.2, -0.15) is 4.31 Å². The predicted octanol–water partition coefficient (Wildman–Crippen LogP) is 4.73. The Morgan fingerprint density at radius 3 is 2.31 bits per heavy atom. The standard InChI is InChI=1S/C26H29ClN2O5S/c1-18-8-11-23(12-9-18)35(31,32)29(16-20-6-5-7-22(27)14-20)17-26(30)28-19(2)21-10-13-24(33-3)25(15-21)34-4/h5-15,19H,16-17H2,1-4H3,(H,28,30)/t19-/m1/s1. The molecule has 0 aliphatic heterocycles. The average Bonchev–Trinajstić information content (AvgIpc) is 2.83. The Hall–Kier alpha value is -3.07. The summed E-state index contributed by atoms with van der Waals surface area (Å²) in [4.78, 5) is 13.1. The van der Waals surface area contributed by atoms with E-state index in [1.807, 2.05) is 19.9 Å². The van der Waals surface area contributed by atoms with Gasteiger partial charge in [0.1, 0.15) is 0 Å². The van der Waals surface area contributed by atoms with E-state index in [2.05, 4.69) is 5.32 Å². The van der Waals surface area contributed by atoms with Crippen LogP contribution in [0.5, 0.6) is 11.5 Å². The molecule has 9 heteroatoms. The normalized spacial score (nSPS) is 12.3. The van der Waals surface area contributed by atoms with Crippen LogP contribution in [0, 0.1) is 6.92 Å². The van der Waals surface area contributed by atoms with Crippen LogP contribution in [0.15, 0.2) is 71.6 Å². The fourth-order valence-electron chi connectivity index (χ4n) is 3.58. The first-order valence-corrected chi connectivity index (χ1v) is 12.8. The van der Waals surface area contributed by atoms with Crippen LogP contribution in [0.4, 0.5) is 0 Å². The van der Waals surface area contributed by atoms with Gasteiger partial charge < -0.3 is 14.8 Å². The molecule has 0 unspecified atom stereocenters. The fraction of sp³-hybridized carbons (Fsp3) is 0.269. The van der Waals surface area contributed by atoms with Crippen molar-refractivity contribution in [3.05, 3.63) is 88.4 Å². The number of hydrogen-bond acceptors (Lipinski definition) is 5. The largest absolute Gasteiger partial charge is 0.493 e. The van der Waals surface area contributed by atoms with Crippen molar-refractivity contribution in [3.63, 3.8) is 0 Å². The first-order chi connectivity index (χ1) is 16.6. The lowest BCUT2D eigenvalue weighted by Gasteiger charge is -2.23. The van der Waals surface area contributed by atoms with E-state index in [-0.39, 0.29) is 18.0 Å². The maximum absolute atomic E-state index is 13.5. The van der Waals surface area contributed by atoms with Crippen molar-refractivity contribution >= 4 is 27.5 Å². The van der Waals surface area contributed by atoms with Crippen LogP contribution in [0.3, 0.4) is 0 Å². The van der Waals surface area contributed by atoms with Gasteiger partial charge in [-0.05, 0) is 61.4 Å². The number of ether oxygens (including phenoxy) is 2. The molecule has 35 heavy (non-hydrogen) atoms. The summed E-state index contributed by atoms with van der Waals surface area (Å²) in [5, 5.41) is 3.37. The summed E-state index contributed by atoms with van der Waals surface area (Å²) < 4.78 is 38.7. The molecule has 0 radical (unpaired) electrons. The van der Waals surface area contributed by atoms with Crippen LogP contribution >= 0.6 is 11.6 Å². The topological polar surface area (TPSA) is 84.9 Å². The highest BCUT2D eigenvalue weighted by Gasteiger charge is 2.27.